The lowest BCUT2D eigenvalue weighted by atomic mass is 10.3. The van der Waals surface area contributed by atoms with Crippen molar-refractivity contribution < 1.29 is 4.79 Å². The Kier molecular flexibility index (Phi) is 6.41. The van der Waals surface area contributed by atoms with Crippen LogP contribution in [0.5, 0.6) is 0 Å². The summed E-state index contributed by atoms with van der Waals surface area (Å²) in [6.45, 7) is 10.9. The lowest BCUT2D eigenvalue weighted by Crippen LogP contribution is -2.43. The van der Waals surface area contributed by atoms with Crippen LogP contribution in [-0.2, 0) is 0 Å². The monoisotopic (exact) mass is 433 g/mol. The third-order valence-corrected chi connectivity index (χ3v) is 5.18. The number of piperazine rings is 1. The Labute approximate surface area is 186 Å². The second kappa shape index (κ2) is 9.56. The minimum Gasteiger partial charge on any atom is -0.353 e. The van der Waals surface area contributed by atoms with E-state index < -0.39 is 0 Å². The molecule has 166 valence electrons. The third kappa shape index (κ3) is 4.45. The Morgan fingerprint density at radius 2 is 2.16 bits per heavy atom. The molecule has 0 unspecified atom stereocenters. The van der Waals surface area contributed by atoms with Gasteiger partial charge in [0.15, 0.2) is 11.6 Å². The van der Waals surface area contributed by atoms with Crippen molar-refractivity contribution in [2.24, 2.45) is 9.98 Å². The Bertz CT molecular complexity index is 1130. The number of allylic oxidation sites excluding steroid dienone is 4. The summed E-state index contributed by atoms with van der Waals surface area (Å²) in [5, 5.41) is 15.3. The Balaban J connectivity index is 1.69. The van der Waals surface area contributed by atoms with Crippen molar-refractivity contribution in [1.82, 2.24) is 24.9 Å². The molecule has 0 aromatic carbocycles. The van der Waals surface area contributed by atoms with Gasteiger partial charge >= 0.3 is 0 Å². The molecule has 1 saturated heterocycles. The van der Waals surface area contributed by atoms with Crippen LogP contribution in [0.1, 0.15) is 30.6 Å². The number of aromatic nitrogens is 4. The Hall–Kier alpha value is -3.79. The second-order valence-corrected chi connectivity index (χ2v) is 7.48. The first-order chi connectivity index (χ1) is 15.6. The van der Waals surface area contributed by atoms with Crippen molar-refractivity contribution >= 4 is 42.1 Å². The van der Waals surface area contributed by atoms with Crippen LogP contribution in [0.15, 0.2) is 52.2 Å². The molecule has 4 heterocycles. The van der Waals surface area contributed by atoms with E-state index in [2.05, 4.69) is 37.3 Å². The molecule has 0 bridgehead atoms. The van der Waals surface area contributed by atoms with Crippen LogP contribution < -0.4 is 15.5 Å². The molecule has 32 heavy (non-hydrogen) atoms. The van der Waals surface area contributed by atoms with Gasteiger partial charge in [-0.2, -0.15) is 5.10 Å². The minimum atomic E-state index is -0.340. The van der Waals surface area contributed by atoms with Gasteiger partial charge in [-0.15, -0.1) is 5.10 Å². The normalized spacial score (nSPS) is 16.6. The van der Waals surface area contributed by atoms with Crippen molar-refractivity contribution in [1.29, 1.82) is 0 Å². The van der Waals surface area contributed by atoms with Gasteiger partial charge in [-0.25, -0.2) is 19.3 Å². The number of aliphatic imine (C=N–C) groups is 2. The van der Waals surface area contributed by atoms with Gasteiger partial charge in [-0.3, -0.25) is 4.79 Å². The van der Waals surface area contributed by atoms with Crippen LogP contribution >= 0.6 is 0 Å². The smallest absolute Gasteiger partial charge is 0.262 e. The molecule has 2 N–H and O–H groups in total. The first-order valence-electron chi connectivity index (χ1n) is 10.5. The van der Waals surface area contributed by atoms with Crippen molar-refractivity contribution in [3.05, 3.63) is 47.8 Å². The molecule has 1 fully saturated rings. The lowest BCUT2D eigenvalue weighted by molar-refractivity contribution is 0.102. The predicted octanol–water partition coefficient (Wildman–Crippen LogP) is 2.67. The van der Waals surface area contributed by atoms with Crippen LogP contribution in [0.25, 0.3) is 6.20 Å². The number of rotatable bonds is 5. The van der Waals surface area contributed by atoms with E-state index in [9.17, 15) is 4.79 Å². The number of hydrogen-bond acceptors (Lipinski definition) is 7. The molecule has 2 aliphatic rings. The SMILES string of the molecule is C=Nc1c(C(=O)Nc2cc(N3CCNCC3)nn2C2=NC=C(C)C=CC2)cnn1/C=C\C. The zero-order valence-electron chi connectivity index (χ0n) is 18.3. The highest BCUT2D eigenvalue weighted by atomic mass is 16.1. The fourth-order valence-corrected chi connectivity index (χ4v) is 3.57. The van der Waals surface area contributed by atoms with Crippen LogP contribution in [0.2, 0.25) is 0 Å². The summed E-state index contributed by atoms with van der Waals surface area (Å²) in [5.74, 6) is 2.10. The lowest BCUT2D eigenvalue weighted by Gasteiger charge is -2.27. The average molecular weight is 434 g/mol. The van der Waals surface area contributed by atoms with Crippen molar-refractivity contribution in [3.8, 4) is 0 Å². The minimum absolute atomic E-state index is 0.327. The van der Waals surface area contributed by atoms with E-state index in [4.69, 9.17) is 5.10 Å². The van der Waals surface area contributed by atoms with E-state index in [1.807, 2.05) is 38.1 Å². The molecule has 4 rings (SSSR count). The maximum absolute atomic E-state index is 13.1. The molecule has 1 amide bonds. The van der Waals surface area contributed by atoms with Gasteiger partial charge in [0.1, 0.15) is 17.2 Å². The van der Waals surface area contributed by atoms with Gasteiger partial charge in [0.05, 0.1) is 6.20 Å². The number of carbonyl (C=O) groups is 1. The average Bonchev–Trinajstić information content (AvgIpc) is 3.34. The molecule has 2 aliphatic heterocycles. The van der Waals surface area contributed by atoms with E-state index in [1.165, 1.54) is 10.9 Å². The number of nitrogens with zero attached hydrogens (tertiary/aromatic N) is 7. The maximum Gasteiger partial charge on any atom is 0.262 e. The Morgan fingerprint density at radius 1 is 1.34 bits per heavy atom. The third-order valence-electron chi connectivity index (χ3n) is 5.18. The van der Waals surface area contributed by atoms with E-state index in [-0.39, 0.29) is 5.91 Å². The molecule has 0 aliphatic carbocycles. The topological polar surface area (TPSA) is 105 Å². The molecular formula is C22H27N9O. The largest absolute Gasteiger partial charge is 0.353 e. The molecule has 0 radical (unpaired) electrons. The van der Waals surface area contributed by atoms with E-state index in [0.29, 0.717) is 23.6 Å². The zero-order chi connectivity index (χ0) is 22.5. The second-order valence-electron chi connectivity index (χ2n) is 7.48. The Morgan fingerprint density at radius 3 is 2.91 bits per heavy atom. The highest BCUT2D eigenvalue weighted by Crippen LogP contribution is 2.24. The van der Waals surface area contributed by atoms with Gasteiger partial charge in [0, 0.05) is 51.1 Å². The summed E-state index contributed by atoms with van der Waals surface area (Å²) in [5.41, 5.74) is 1.38. The maximum atomic E-state index is 13.1. The molecule has 0 saturated carbocycles. The number of amides is 1. The number of nitrogens with one attached hydrogen (secondary N) is 2. The van der Waals surface area contributed by atoms with Gasteiger partial charge in [-0.1, -0.05) is 18.2 Å². The van der Waals surface area contributed by atoms with E-state index in [0.717, 1.165) is 43.4 Å². The number of carbonyl (C=O) groups excluding carboxylic acids is 1. The zero-order valence-corrected chi connectivity index (χ0v) is 18.3. The molecule has 0 spiro atoms. The summed E-state index contributed by atoms with van der Waals surface area (Å²) in [7, 11) is 0. The molecular weight excluding hydrogens is 406 g/mol. The molecule has 2 aromatic heterocycles. The molecule has 0 atom stereocenters. The van der Waals surface area contributed by atoms with Crippen LogP contribution in [-0.4, -0.2) is 64.2 Å². The van der Waals surface area contributed by atoms with E-state index in [1.54, 1.807) is 17.1 Å². The number of hydrogen-bond donors (Lipinski definition) is 2. The summed E-state index contributed by atoms with van der Waals surface area (Å²) in [4.78, 5) is 23.9. The number of anilines is 2. The van der Waals surface area contributed by atoms with Crippen molar-refractivity contribution in [3.63, 3.8) is 0 Å². The van der Waals surface area contributed by atoms with Crippen molar-refractivity contribution in [2.45, 2.75) is 20.3 Å². The van der Waals surface area contributed by atoms with Gasteiger partial charge < -0.3 is 15.5 Å². The van der Waals surface area contributed by atoms with Crippen LogP contribution in [0.4, 0.5) is 17.5 Å². The molecule has 10 nitrogen and oxygen atoms in total. The summed E-state index contributed by atoms with van der Waals surface area (Å²) in [6.07, 6.45) is 11.5. The fraction of sp³-hybridized carbons (Fsp3) is 0.318. The fourth-order valence-electron chi connectivity index (χ4n) is 3.57. The van der Waals surface area contributed by atoms with Gasteiger partial charge in [0.25, 0.3) is 5.91 Å². The van der Waals surface area contributed by atoms with Crippen LogP contribution in [0.3, 0.4) is 0 Å². The summed E-state index contributed by atoms with van der Waals surface area (Å²) >= 11 is 0. The summed E-state index contributed by atoms with van der Waals surface area (Å²) in [6, 6.07) is 1.88. The highest BCUT2D eigenvalue weighted by Gasteiger charge is 2.22. The van der Waals surface area contributed by atoms with Crippen molar-refractivity contribution in [2.75, 3.05) is 36.4 Å². The first kappa shape index (κ1) is 21.4. The highest BCUT2D eigenvalue weighted by molar-refractivity contribution is 6.08. The standard InChI is InChI=1S/C22H27N9O/c1-4-10-30-21(23-3)17(15-26-30)22(32)27-19-13-20(29-11-8-24-9-12-29)28-31(19)18-7-5-6-16(2)14-25-18/h4-6,10,13-15,24H,3,7-9,11-12H2,1-2H3,(H,27,32)/b10-4-. The first-order valence-corrected chi connectivity index (χ1v) is 10.5. The molecule has 2 aromatic rings. The summed E-state index contributed by atoms with van der Waals surface area (Å²) < 4.78 is 3.21. The molecule has 10 heteroatoms. The van der Waals surface area contributed by atoms with E-state index >= 15 is 0 Å². The predicted molar refractivity (Wildman–Crippen MR) is 128 cm³/mol. The van der Waals surface area contributed by atoms with Gasteiger partial charge in [-0.05, 0) is 26.1 Å². The van der Waals surface area contributed by atoms with Crippen LogP contribution in [0, 0.1) is 0 Å². The van der Waals surface area contributed by atoms with Gasteiger partial charge in [0.2, 0.25) is 0 Å². The quantitative estimate of drug-likeness (QED) is 0.706.